The fourth-order valence-electron chi connectivity index (χ4n) is 2.23. The van der Waals surface area contributed by atoms with Crippen LogP contribution < -0.4 is 11.1 Å². The number of hydrogen-bond donors (Lipinski definition) is 3. The summed E-state index contributed by atoms with van der Waals surface area (Å²) in [6, 6.07) is 11.3. The maximum absolute atomic E-state index is 12.6. The molecule has 0 bridgehead atoms. The molecule has 0 aliphatic heterocycles. The molecule has 0 aromatic heterocycles. The van der Waals surface area contributed by atoms with Crippen molar-refractivity contribution in [3.8, 4) is 5.75 Å². The molecule has 0 saturated carbocycles. The number of phenolic OH excluding ortho intramolecular Hbond substituents is 1. The summed E-state index contributed by atoms with van der Waals surface area (Å²) in [6.45, 7) is 3.32. The van der Waals surface area contributed by atoms with Crippen LogP contribution in [0.1, 0.15) is 24.2 Å². The third-order valence-electron chi connectivity index (χ3n) is 3.59. The van der Waals surface area contributed by atoms with Gasteiger partial charge in [0.05, 0.1) is 11.3 Å². The first-order valence-electron chi connectivity index (χ1n) is 8.39. The summed E-state index contributed by atoms with van der Waals surface area (Å²) in [4.78, 5) is 35.5. The van der Waals surface area contributed by atoms with Gasteiger partial charge in [0.2, 0.25) is 0 Å². The van der Waals surface area contributed by atoms with E-state index in [0.717, 1.165) is 0 Å². The number of amides is 3. The highest BCUT2D eigenvalue weighted by Gasteiger charge is 2.28. The van der Waals surface area contributed by atoms with E-state index in [1.165, 1.54) is 18.2 Å². The van der Waals surface area contributed by atoms with E-state index in [1.807, 2.05) is 5.32 Å². The van der Waals surface area contributed by atoms with Crippen molar-refractivity contribution in [2.45, 2.75) is 20.0 Å². The summed E-state index contributed by atoms with van der Waals surface area (Å²) < 4.78 is 5.28. The highest BCUT2D eigenvalue weighted by molar-refractivity contribution is 5.99. The number of imide groups is 1. The van der Waals surface area contributed by atoms with Gasteiger partial charge in [0.1, 0.15) is 11.4 Å². The third-order valence-corrected chi connectivity index (χ3v) is 3.59. The van der Waals surface area contributed by atoms with E-state index in [0.29, 0.717) is 5.69 Å². The Morgan fingerprint density at radius 1 is 1.04 bits per heavy atom. The number of carbonyl (C=O) groups is 3. The molecular weight excluding hydrogens is 364 g/mol. The van der Waals surface area contributed by atoms with Crippen molar-refractivity contribution >= 4 is 29.3 Å². The summed E-state index contributed by atoms with van der Waals surface area (Å²) in [5.74, 6) is -1.90. The molecule has 9 nitrogen and oxygen atoms in total. The van der Waals surface area contributed by atoms with Crippen molar-refractivity contribution in [1.29, 1.82) is 0 Å². The van der Waals surface area contributed by atoms with Crippen molar-refractivity contribution in [2.75, 3.05) is 0 Å². The van der Waals surface area contributed by atoms with Gasteiger partial charge >= 0.3 is 12.0 Å². The number of urea groups is 1. The van der Waals surface area contributed by atoms with Crippen molar-refractivity contribution < 1.29 is 24.2 Å². The smallest absolute Gasteiger partial charge is 0.341 e. The molecule has 2 rings (SSSR count). The second-order valence-corrected chi connectivity index (χ2v) is 6.16. The van der Waals surface area contributed by atoms with E-state index in [-0.39, 0.29) is 17.0 Å². The Balaban J connectivity index is 2.22. The molecule has 0 aliphatic carbocycles. The molecular formula is C19H20N4O5. The fourth-order valence-corrected chi connectivity index (χ4v) is 2.23. The Morgan fingerprint density at radius 3 is 2.29 bits per heavy atom. The zero-order chi connectivity index (χ0) is 20.7. The van der Waals surface area contributed by atoms with Gasteiger partial charge in [-0.1, -0.05) is 26.0 Å². The molecule has 4 N–H and O–H groups in total. The molecule has 28 heavy (non-hydrogen) atoms. The number of carbonyl (C=O) groups excluding carboxylic acids is 3. The van der Waals surface area contributed by atoms with Crippen LogP contribution in [-0.4, -0.2) is 29.1 Å². The number of ether oxygens (including phenoxy) is 1. The predicted octanol–water partition coefficient (Wildman–Crippen LogP) is 3.18. The normalized spacial score (nSPS) is 12.0. The Hall–Kier alpha value is -3.75. The number of aromatic hydroxyl groups is 1. The van der Waals surface area contributed by atoms with E-state index >= 15 is 0 Å². The van der Waals surface area contributed by atoms with E-state index in [9.17, 15) is 19.5 Å². The molecule has 0 radical (unpaired) electrons. The summed E-state index contributed by atoms with van der Waals surface area (Å²) >= 11 is 0. The average molecular weight is 384 g/mol. The monoisotopic (exact) mass is 384 g/mol. The number of phenols is 1. The Bertz CT molecular complexity index is 893. The van der Waals surface area contributed by atoms with Crippen LogP contribution in [-0.2, 0) is 9.53 Å². The van der Waals surface area contributed by atoms with Crippen molar-refractivity contribution in [3.05, 3.63) is 54.1 Å². The minimum Gasteiger partial charge on any atom is -0.508 e. The number of nitrogens with zero attached hydrogens (tertiary/aromatic N) is 2. The molecule has 0 heterocycles. The summed E-state index contributed by atoms with van der Waals surface area (Å²) in [5, 5.41) is 19.3. The maximum Gasteiger partial charge on any atom is 0.341 e. The first kappa shape index (κ1) is 20.6. The molecule has 0 spiro atoms. The molecule has 2 aromatic rings. The third kappa shape index (κ3) is 5.63. The lowest BCUT2D eigenvalue weighted by Gasteiger charge is -2.20. The Kier molecular flexibility index (Phi) is 6.80. The van der Waals surface area contributed by atoms with E-state index in [1.54, 1.807) is 44.2 Å². The van der Waals surface area contributed by atoms with Crippen LogP contribution in [0.3, 0.4) is 0 Å². The van der Waals surface area contributed by atoms with E-state index < -0.39 is 29.9 Å². The van der Waals surface area contributed by atoms with Gasteiger partial charge in [0.25, 0.3) is 5.91 Å². The van der Waals surface area contributed by atoms with Gasteiger partial charge < -0.3 is 15.6 Å². The van der Waals surface area contributed by atoms with Crippen LogP contribution in [0, 0.1) is 5.92 Å². The number of benzene rings is 2. The van der Waals surface area contributed by atoms with Crippen LogP contribution in [0.15, 0.2) is 58.8 Å². The zero-order valence-electron chi connectivity index (χ0n) is 15.3. The number of azo groups is 1. The highest BCUT2D eigenvalue weighted by atomic mass is 16.5. The first-order chi connectivity index (χ1) is 13.3. The van der Waals surface area contributed by atoms with Crippen molar-refractivity contribution in [2.24, 2.45) is 21.9 Å². The topological polar surface area (TPSA) is 143 Å². The molecule has 0 unspecified atom stereocenters. The largest absolute Gasteiger partial charge is 0.508 e. The van der Waals surface area contributed by atoms with E-state index in [2.05, 4.69) is 10.2 Å². The lowest BCUT2D eigenvalue weighted by atomic mass is 10.1. The van der Waals surface area contributed by atoms with Gasteiger partial charge in [-0.05, 0) is 42.3 Å². The molecule has 0 saturated heterocycles. The SMILES string of the molecule is CC(C)[C@@H](OC(=O)c1ccccc1N=Nc1ccc(O)cc1)C(=O)NC(N)=O. The van der Waals surface area contributed by atoms with Crippen LogP contribution in [0.2, 0.25) is 0 Å². The minimum atomic E-state index is -1.21. The zero-order valence-corrected chi connectivity index (χ0v) is 15.3. The van der Waals surface area contributed by atoms with Crippen LogP contribution in [0.5, 0.6) is 5.75 Å². The summed E-state index contributed by atoms with van der Waals surface area (Å²) in [5.41, 5.74) is 5.76. The molecule has 146 valence electrons. The Labute approximate surface area is 161 Å². The van der Waals surface area contributed by atoms with Gasteiger partial charge in [-0.2, -0.15) is 5.11 Å². The predicted molar refractivity (Wildman–Crippen MR) is 100 cm³/mol. The van der Waals surface area contributed by atoms with Crippen LogP contribution in [0.25, 0.3) is 0 Å². The average Bonchev–Trinajstić information content (AvgIpc) is 2.64. The molecule has 2 aromatic carbocycles. The molecule has 1 atom stereocenters. The Morgan fingerprint density at radius 2 is 1.68 bits per heavy atom. The molecule has 3 amide bonds. The van der Waals surface area contributed by atoms with Gasteiger partial charge in [0, 0.05) is 0 Å². The molecule has 9 heteroatoms. The molecule has 0 fully saturated rings. The van der Waals surface area contributed by atoms with Gasteiger partial charge in [-0.25, -0.2) is 9.59 Å². The number of rotatable bonds is 6. The number of nitrogens with two attached hydrogens (primary N) is 1. The molecule has 0 aliphatic rings. The van der Waals surface area contributed by atoms with E-state index in [4.69, 9.17) is 10.5 Å². The van der Waals surface area contributed by atoms with Crippen molar-refractivity contribution in [1.82, 2.24) is 5.32 Å². The van der Waals surface area contributed by atoms with Gasteiger partial charge in [-0.3, -0.25) is 10.1 Å². The number of nitrogens with one attached hydrogen (secondary N) is 1. The second-order valence-electron chi connectivity index (χ2n) is 6.16. The quantitative estimate of drug-likeness (QED) is 0.517. The highest BCUT2D eigenvalue weighted by Crippen LogP contribution is 2.25. The van der Waals surface area contributed by atoms with Crippen LogP contribution >= 0.6 is 0 Å². The summed E-state index contributed by atoms with van der Waals surface area (Å²) in [7, 11) is 0. The lowest BCUT2D eigenvalue weighted by molar-refractivity contribution is -0.130. The second kappa shape index (κ2) is 9.26. The fraction of sp³-hybridized carbons (Fsp3) is 0.211. The number of primary amides is 1. The number of esters is 1. The standard InChI is InChI=1S/C19H20N4O5/c1-11(2)16(17(25)21-19(20)27)28-18(26)14-5-3-4-6-15(14)23-22-12-7-9-13(24)10-8-12/h3-11,16,24H,1-2H3,(H3,20,21,25,27)/t16-/m1/s1. The lowest BCUT2D eigenvalue weighted by Crippen LogP contribution is -2.45. The van der Waals surface area contributed by atoms with Gasteiger partial charge in [-0.15, -0.1) is 5.11 Å². The van der Waals surface area contributed by atoms with Gasteiger partial charge in [0.15, 0.2) is 6.10 Å². The maximum atomic E-state index is 12.6. The first-order valence-corrected chi connectivity index (χ1v) is 8.39. The minimum absolute atomic E-state index is 0.0943. The van der Waals surface area contributed by atoms with Crippen LogP contribution in [0.4, 0.5) is 16.2 Å². The number of hydrogen-bond acceptors (Lipinski definition) is 7. The summed E-state index contributed by atoms with van der Waals surface area (Å²) in [6.07, 6.45) is -1.21. The van der Waals surface area contributed by atoms with Crippen molar-refractivity contribution in [3.63, 3.8) is 0 Å².